The summed E-state index contributed by atoms with van der Waals surface area (Å²) in [6.45, 7) is 3.82. The van der Waals surface area contributed by atoms with Gasteiger partial charge >= 0.3 is 11.9 Å². The molecule has 0 fully saturated rings. The molecule has 0 saturated heterocycles. The van der Waals surface area contributed by atoms with Crippen molar-refractivity contribution in [2.45, 2.75) is 32.7 Å². The monoisotopic (exact) mass is 363 g/mol. The number of esters is 2. The average molecular weight is 363 g/mol. The quantitative estimate of drug-likeness (QED) is 0.506. The highest BCUT2D eigenvalue weighted by atomic mass is 16.5. The second-order valence-corrected chi connectivity index (χ2v) is 5.26. The van der Waals surface area contributed by atoms with Gasteiger partial charge in [0, 0.05) is 12.5 Å². The zero-order valence-electron chi connectivity index (χ0n) is 15.3. The molecule has 26 heavy (non-hydrogen) atoms. The molecule has 0 spiro atoms. The Morgan fingerprint density at radius 1 is 1.08 bits per heavy atom. The summed E-state index contributed by atoms with van der Waals surface area (Å²) in [4.78, 5) is 35.5. The van der Waals surface area contributed by atoms with Gasteiger partial charge in [-0.25, -0.2) is 4.79 Å². The molecule has 0 radical (unpaired) electrons. The number of amides is 1. The topological polar surface area (TPSA) is 90.9 Å². The summed E-state index contributed by atoms with van der Waals surface area (Å²) in [5.74, 6) is -0.747. The fourth-order valence-corrected chi connectivity index (χ4v) is 2.09. The van der Waals surface area contributed by atoms with E-state index in [9.17, 15) is 14.4 Å². The van der Waals surface area contributed by atoms with Gasteiger partial charge in [0.15, 0.2) is 0 Å². The first-order valence-corrected chi connectivity index (χ1v) is 8.45. The van der Waals surface area contributed by atoms with Crippen LogP contribution in [-0.2, 0) is 23.9 Å². The van der Waals surface area contributed by atoms with E-state index in [1.165, 1.54) is 6.08 Å². The normalized spacial score (nSPS) is 11.7. The van der Waals surface area contributed by atoms with Gasteiger partial charge in [0.1, 0.15) is 11.8 Å². The number of ether oxygens (including phenoxy) is 3. The highest BCUT2D eigenvalue weighted by Crippen LogP contribution is 2.12. The minimum Gasteiger partial charge on any atom is -0.497 e. The molecule has 7 nitrogen and oxygen atoms in total. The molecule has 1 amide bonds. The van der Waals surface area contributed by atoms with Crippen LogP contribution < -0.4 is 10.1 Å². The van der Waals surface area contributed by atoms with Crippen LogP contribution >= 0.6 is 0 Å². The summed E-state index contributed by atoms with van der Waals surface area (Å²) in [7, 11) is 1.57. The first kappa shape index (κ1) is 21.2. The van der Waals surface area contributed by atoms with Crippen molar-refractivity contribution in [1.29, 1.82) is 0 Å². The van der Waals surface area contributed by atoms with Crippen molar-refractivity contribution < 1.29 is 28.6 Å². The van der Waals surface area contributed by atoms with Crippen LogP contribution in [0.25, 0.3) is 6.08 Å². The summed E-state index contributed by atoms with van der Waals surface area (Å²) in [5, 5.41) is 2.56. The van der Waals surface area contributed by atoms with Crippen molar-refractivity contribution in [1.82, 2.24) is 5.32 Å². The molecule has 0 aliphatic carbocycles. The molecule has 0 heterocycles. The van der Waals surface area contributed by atoms with Crippen molar-refractivity contribution in [3.63, 3.8) is 0 Å². The van der Waals surface area contributed by atoms with Crippen LogP contribution in [0.15, 0.2) is 30.3 Å². The number of benzene rings is 1. The van der Waals surface area contributed by atoms with Crippen molar-refractivity contribution in [2.24, 2.45) is 0 Å². The van der Waals surface area contributed by atoms with Crippen LogP contribution in [-0.4, -0.2) is 44.2 Å². The van der Waals surface area contributed by atoms with E-state index in [0.29, 0.717) is 5.75 Å². The summed E-state index contributed by atoms with van der Waals surface area (Å²) in [5.41, 5.74) is 0.806. The predicted molar refractivity (Wildman–Crippen MR) is 96.5 cm³/mol. The smallest absolute Gasteiger partial charge is 0.328 e. The molecule has 1 rings (SSSR count). The Morgan fingerprint density at radius 2 is 1.73 bits per heavy atom. The summed E-state index contributed by atoms with van der Waals surface area (Å²) >= 11 is 0. The fourth-order valence-electron chi connectivity index (χ4n) is 2.09. The average Bonchev–Trinajstić information content (AvgIpc) is 2.64. The molecule has 1 N–H and O–H groups in total. The van der Waals surface area contributed by atoms with Crippen molar-refractivity contribution in [3.8, 4) is 5.75 Å². The molecular formula is C19H25NO6. The number of carbonyl (C=O) groups excluding carboxylic acids is 3. The standard InChI is InChI=1S/C19H25NO6/c1-4-25-18(22)13-11-16(19(23)26-5-2)20-17(21)12-8-14-6-9-15(24-3)10-7-14/h6-10,12,16H,4-5,11,13H2,1-3H3,(H,20,21)/b12-8+/t16-/m0/s1. The van der Waals surface area contributed by atoms with E-state index in [-0.39, 0.29) is 26.1 Å². The Labute approximate surface area is 153 Å². The Bertz CT molecular complexity index is 623. The van der Waals surface area contributed by atoms with E-state index < -0.39 is 23.9 Å². The number of methoxy groups -OCH3 is 1. The molecule has 0 unspecified atom stereocenters. The second-order valence-electron chi connectivity index (χ2n) is 5.26. The van der Waals surface area contributed by atoms with E-state index in [1.807, 2.05) is 0 Å². The van der Waals surface area contributed by atoms with Gasteiger partial charge in [-0.1, -0.05) is 12.1 Å². The predicted octanol–water partition coefficient (Wildman–Crippen LogP) is 2.10. The Hall–Kier alpha value is -2.83. The Kier molecular flexibility index (Phi) is 9.53. The third-order valence-electron chi connectivity index (χ3n) is 3.37. The van der Waals surface area contributed by atoms with Gasteiger partial charge in [-0.15, -0.1) is 0 Å². The van der Waals surface area contributed by atoms with E-state index in [1.54, 1.807) is 51.3 Å². The maximum absolute atomic E-state index is 12.1. The van der Waals surface area contributed by atoms with Gasteiger partial charge in [-0.05, 0) is 44.0 Å². The van der Waals surface area contributed by atoms with E-state index in [4.69, 9.17) is 14.2 Å². The van der Waals surface area contributed by atoms with Crippen LogP contribution in [0.4, 0.5) is 0 Å². The zero-order valence-corrected chi connectivity index (χ0v) is 15.3. The lowest BCUT2D eigenvalue weighted by atomic mass is 10.1. The van der Waals surface area contributed by atoms with Crippen LogP contribution in [0, 0.1) is 0 Å². The minimum atomic E-state index is -0.910. The molecule has 0 aromatic heterocycles. The minimum absolute atomic E-state index is 0.0137. The molecule has 0 bridgehead atoms. The lowest BCUT2D eigenvalue weighted by molar-refractivity contribution is -0.148. The number of hydrogen-bond acceptors (Lipinski definition) is 6. The SMILES string of the molecule is CCOC(=O)CC[C@H](NC(=O)/C=C/c1ccc(OC)cc1)C(=O)OCC. The molecule has 1 aromatic rings. The summed E-state index contributed by atoms with van der Waals surface area (Å²) < 4.78 is 14.8. The molecule has 7 heteroatoms. The van der Waals surface area contributed by atoms with Gasteiger partial charge in [-0.2, -0.15) is 0 Å². The molecule has 0 aliphatic heterocycles. The zero-order chi connectivity index (χ0) is 19.4. The van der Waals surface area contributed by atoms with Crippen molar-refractivity contribution >= 4 is 23.9 Å². The summed E-state index contributed by atoms with van der Waals surface area (Å²) in [6, 6.07) is 6.24. The van der Waals surface area contributed by atoms with Gasteiger partial charge in [0.2, 0.25) is 5.91 Å². The third-order valence-corrected chi connectivity index (χ3v) is 3.37. The van der Waals surface area contributed by atoms with E-state index in [2.05, 4.69) is 5.32 Å². The Morgan fingerprint density at radius 3 is 2.31 bits per heavy atom. The maximum atomic E-state index is 12.1. The first-order valence-electron chi connectivity index (χ1n) is 8.45. The lowest BCUT2D eigenvalue weighted by Gasteiger charge is -2.16. The van der Waals surface area contributed by atoms with Crippen LogP contribution in [0.2, 0.25) is 0 Å². The largest absolute Gasteiger partial charge is 0.497 e. The molecular weight excluding hydrogens is 338 g/mol. The summed E-state index contributed by atoms with van der Waals surface area (Å²) in [6.07, 6.45) is 3.06. The van der Waals surface area contributed by atoms with Gasteiger partial charge < -0.3 is 19.5 Å². The molecule has 1 atom stereocenters. The van der Waals surface area contributed by atoms with Crippen LogP contribution in [0.5, 0.6) is 5.75 Å². The van der Waals surface area contributed by atoms with Crippen LogP contribution in [0.3, 0.4) is 0 Å². The van der Waals surface area contributed by atoms with E-state index in [0.717, 1.165) is 5.56 Å². The van der Waals surface area contributed by atoms with Crippen molar-refractivity contribution in [2.75, 3.05) is 20.3 Å². The number of nitrogens with one attached hydrogen (secondary N) is 1. The van der Waals surface area contributed by atoms with E-state index >= 15 is 0 Å². The van der Waals surface area contributed by atoms with Gasteiger partial charge in [0.25, 0.3) is 0 Å². The Balaban J connectivity index is 2.65. The van der Waals surface area contributed by atoms with Crippen LogP contribution in [0.1, 0.15) is 32.3 Å². The second kappa shape index (κ2) is 11.7. The van der Waals surface area contributed by atoms with Gasteiger partial charge in [-0.3, -0.25) is 9.59 Å². The third kappa shape index (κ3) is 7.83. The molecule has 142 valence electrons. The first-order chi connectivity index (χ1) is 12.5. The molecule has 0 saturated carbocycles. The molecule has 0 aliphatic rings. The highest BCUT2D eigenvalue weighted by molar-refractivity contribution is 5.94. The maximum Gasteiger partial charge on any atom is 0.328 e. The number of hydrogen-bond donors (Lipinski definition) is 1. The number of rotatable bonds is 10. The fraction of sp³-hybridized carbons (Fsp3) is 0.421. The molecule has 1 aromatic carbocycles. The van der Waals surface area contributed by atoms with Crippen molar-refractivity contribution in [3.05, 3.63) is 35.9 Å². The number of carbonyl (C=O) groups is 3. The lowest BCUT2D eigenvalue weighted by Crippen LogP contribution is -2.41. The highest BCUT2D eigenvalue weighted by Gasteiger charge is 2.22. The van der Waals surface area contributed by atoms with Gasteiger partial charge in [0.05, 0.1) is 20.3 Å².